The molecule has 2 rings (SSSR count). The van der Waals surface area contributed by atoms with Gasteiger partial charge in [-0.05, 0) is 43.3 Å². The third-order valence-corrected chi connectivity index (χ3v) is 3.04. The van der Waals surface area contributed by atoms with Crippen LogP contribution in [0, 0.1) is 0 Å². The Morgan fingerprint density at radius 1 is 1.32 bits per heavy atom. The molecule has 0 aliphatic carbocycles. The highest BCUT2D eigenvalue weighted by Crippen LogP contribution is 2.22. The number of carbonyl (C=O) groups excluding carboxylic acids is 1. The van der Waals surface area contributed by atoms with Crippen LogP contribution in [0.25, 0.3) is 0 Å². The standard InChI is InChI=1S/C16H15ClN2O3/c1-2-22-14-8-5-12(15(20)9-14)10-18-19-16(21)11-3-6-13(17)7-4-11/h3-10,20H,2H2,1H3,(H,19,21)/b18-10+. The average Bonchev–Trinajstić information content (AvgIpc) is 2.50. The Morgan fingerprint density at radius 2 is 2.05 bits per heavy atom. The van der Waals surface area contributed by atoms with E-state index in [9.17, 15) is 9.90 Å². The van der Waals surface area contributed by atoms with Crippen LogP contribution >= 0.6 is 11.6 Å². The van der Waals surface area contributed by atoms with Gasteiger partial charge in [-0.1, -0.05) is 11.6 Å². The van der Waals surface area contributed by atoms with Crippen LogP contribution in [0.1, 0.15) is 22.8 Å². The molecule has 0 heterocycles. The zero-order valence-corrected chi connectivity index (χ0v) is 12.7. The van der Waals surface area contributed by atoms with E-state index in [1.807, 2.05) is 6.92 Å². The number of hydrazone groups is 1. The zero-order valence-electron chi connectivity index (χ0n) is 11.9. The van der Waals surface area contributed by atoms with Crippen LogP contribution in [-0.4, -0.2) is 23.8 Å². The number of nitrogens with one attached hydrogen (secondary N) is 1. The van der Waals surface area contributed by atoms with Gasteiger partial charge in [-0.25, -0.2) is 5.43 Å². The Kier molecular flexibility index (Phi) is 5.38. The molecule has 5 nitrogen and oxygen atoms in total. The number of ether oxygens (including phenoxy) is 1. The topological polar surface area (TPSA) is 70.9 Å². The minimum atomic E-state index is -0.363. The number of amides is 1. The number of rotatable bonds is 5. The summed E-state index contributed by atoms with van der Waals surface area (Å²) in [5, 5.41) is 14.2. The number of nitrogens with zero attached hydrogens (tertiary/aromatic N) is 1. The molecular weight excluding hydrogens is 304 g/mol. The molecule has 22 heavy (non-hydrogen) atoms. The summed E-state index contributed by atoms with van der Waals surface area (Å²) in [5.41, 5.74) is 3.29. The predicted octanol–water partition coefficient (Wildman–Crippen LogP) is 3.21. The summed E-state index contributed by atoms with van der Waals surface area (Å²) in [5.74, 6) is 0.233. The molecule has 114 valence electrons. The number of hydrogen-bond acceptors (Lipinski definition) is 4. The Hall–Kier alpha value is -2.53. The van der Waals surface area contributed by atoms with Crippen LogP contribution in [0.4, 0.5) is 0 Å². The highest BCUT2D eigenvalue weighted by molar-refractivity contribution is 6.30. The molecule has 0 unspecified atom stereocenters. The summed E-state index contributed by atoms with van der Waals surface area (Å²) in [6.45, 7) is 2.38. The highest BCUT2D eigenvalue weighted by atomic mass is 35.5. The molecule has 0 aromatic heterocycles. The first-order valence-electron chi connectivity index (χ1n) is 6.65. The first-order valence-corrected chi connectivity index (χ1v) is 7.02. The molecule has 0 spiro atoms. The molecule has 0 fully saturated rings. The molecule has 0 bridgehead atoms. The third-order valence-electron chi connectivity index (χ3n) is 2.79. The van der Waals surface area contributed by atoms with Gasteiger partial charge in [-0.15, -0.1) is 0 Å². The Balaban J connectivity index is 2.00. The van der Waals surface area contributed by atoms with E-state index in [2.05, 4.69) is 10.5 Å². The van der Waals surface area contributed by atoms with Gasteiger partial charge >= 0.3 is 0 Å². The summed E-state index contributed by atoms with van der Waals surface area (Å²) in [4.78, 5) is 11.8. The second kappa shape index (κ2) is 7.47. The van der Waals surface area contributed by atoms with E-state index < -0.39 is 0 Å². The average molecular weight is 319 g/mol. The van der Waals surface area contributed by atoms with Gasteiger partial charge in [-0.2, -0.15) is 5.10 Å². The highest BCUT2D eigenvalue weighted by Gasteiger charge is 2.04. The van der Waals surface area contributed by atoms with Gasteiger partial charge in [0.2, 0.25) is 0 Å². The first-order chi connectivity index (χ1) is 10.6. The van der Waals surface area contributed by atoms with E-state index in [1.54, 1.807) is 36.4 Å². The van der Waals surface area contributed by atoms with Gasteiger partial charge in [0.25, 0.3) is 5.91 Å². The van der Waals surface area contributed by atoms with E-state index in [4.69, 9.17) is 16.3 Å². The summed E-state index contributed by atoms with van der Waals surface area (Å²) < 4.78 is 5.27. The number of aromatic hydroxyl groups is 1. The molecule has 0 aliphatic heterocycles. The molecule has 2 N–H and O–H groups in total. The second-order valence-corrected chi connectivity index (χ2v) is 4.80. The van der Waals surface area contributed by atoms with Gasteiger partial charge in [0.05, 0.1) is 12.8 Å². The van der Waals surface area contributed by atoms with E-state index in [0.29, 0.717) is 28.5 Å². The summed E-state index contributed by atoms with van der Waals surface area (Å²) in [6.07, 6.45) is 1.36. The lowest BCUT2D eigenvalue weighted by atomic mass is 10.2. The number of halogens is 1. The van der Waals surface area contributed by atoms with Crippen molar-refractivity contribution in [2.24, 2.45) is 5.10 Å². The smallest absolute Gasteiger partial charge is 0.271 e. The molecule has 0 aliphatic rings. The number of phenolic OH excluding ortho intramolecular Hbond substituents is 1. The van der Waals surface area contributed by atoms with Gasteiger partial charge in [0.15, 0.2) is 0 Å². The molecule has 0 saturated heterocycles. The van der Waals surface area contributed by atoms with Crippen molar-refractivity contribution in [2.75, 3.05) is 6.61 Å². The normalized spacial score (nSPS) is 10.6. The van der Waals surface area contributed by atoms with Crippen LogP contribution in [0.15, 0.2) is 47.6 Å². The van der Waals surface area contributed by atoms with E-state index in [-0.39, 0.29) is 11.7 Å². The van der Waals surface area contributed by atoms with E-state index in [1.165, 1.54) is 12.3 Å². The van der Waals surface area contributed by atoms with Crippen LogP contribution in [0.5, 0.6) is 11.5 Å². The largest absolute Gasteiger partial charge is 0.507 e. The molecule has 0 radical (unpaired) electrons. The predicted molar refractivity (Wildman–Crippen MR) is 85.8 cm³/mol. The molecule has 0 saturated carbocycles. The maximum absolute atomic E-state index is 11.8. The van der Waals surface area contributed by atoms with Crippen molar-refractivity contribution in [3.8, 4) is 11.5 Å². The first kappa shape index (κ1) is 15.9. The lowest BCUT2D eigenvalue weighted by molar-refractivity contribution is 0.0955. The lowest BCUT2D eigenvalue weighted by Gasteiger charge is -2.05. The molecule has 2 aromatic rings. The number of benzene rings is 2. The van der Waals surface area contributed by atoms with E-state index >= 15 is 0 Å². The fourth-order valence-corrected chi connectivity index (χ4v) is 1.84. The van der Waals surface area contributed by atoms with Crippen LogP contribution < -0.4 is 10.2 Å². The molecular formula is C16H15ClN2O3. The summed E-state index contributed by atoms with van der Waals surface area (Å²) in [6, 6.07) is 11.3. The molecule has 6 heteroatoms. The Morgan fingerprint density at radius 3 is 2.68 bits per heavy atom. The van der Waals surface area contributed by atoms with Crippen molar-refractivity contribution in [3.63, 3.8) is 0 Å². The number of hydrogen-bond donors (Lipinski definition) is 2. The molecule has 1 amide bonds. The minimum Gasteiger partial charge on any atom is -0.507 e. The van der Waals surface area contributed by atoms with Crippen LogP contribution in [0.3, 0.4) is 0 Å². The quantitative estimate of drug-likeness (QED) is 0.657. The zero-order chi connectivity index (χ0) is 15.9. The van der Waals surface area contributed by atoms with Gasteiger partial charge in [0.1, 0.15) is 11.5 Å². The van der Waals surface area contributed by atoms with Crippen molar-refractivity contribution in [1.82, 2.24) is 5.43 Å². The minimum absolute atomic E-state index is 0.0236. The van der Waals surface area contributed by atoms with Crippen molar-refractivity contribution < 1.29 is 14.6 Å². The fourth-order valence-electron chi connectivity index (χ4n) is 1.72. The molecule has 2 aromatic carbocycles. The summed E-state index contributed by atoms with van der Waals surface area (Å²) in [7, 11) is 0. The molecule has 0 atom stereocenters. The SMILES string of the molecule is CCOc1ccc(/C=N/NC(=O)c2ccc(Cl)cc2)c(O)c1. The van der Waals surface area contributed by atoms with Crippen molar-refractivity contribution >= 4 is 23.7 Å². The van der Waals surface area contributed by atoms with Crippen molar-refractivity contribution in [2.45, 2.75) is 6.92 Å². The van der Waals surface area contributed by atoms with Crippen molar-refractivity contribution in [3.05, 3.63) is 58.6 Å². The maximum atomic E-state index is 11.8. The lowest BCUT2D eigenvalue weighted by Crippen LogP contribution is -2.17. The van der Waals surface area contributed by atoms with Crippen molar-refractivity contribution in [1.29, 1.82) is 0 Å². The second-order valence-electron chi connectivity index (χ2n) is 4.36. The monoisotopic (exact) mass is 318 g/mol. The maximum Gasteiger partial charge on any atom is 0.271 e. The van der Waals surface area contributed by atoms with Gasteiger partial charge < -0.3 is 9.84 Å². The van der Waals surface area contributed by atoms with Gasteiger partial charge in [0, 0.05) is 22.2 Å². The van der Waals surface area contributed by atoms with Crippen LogP contribution in [0.2, 0.25) is 5.02 Å². The Bertz CT molecular complexity index is 684. The van der Waals surface area contributed by atoms with E-state index in [0.717, 1.165) is 0 Å². The third kappa shape index (κ3) is 4.23. The summed E-state index contributed by atoms with van der Waals surface area (Å²) >= 11 is 5.75. The fraction of sp³-hybridized carbons (Fsp3) is 0.125. The van der Waals surface area contributed by atoms with Crippen LogP contribution in [-0.2, 0) is 0 Å². The number of phenols is 1. The van der Waals surface area contributed by atoms with Gasteiger partial charge in [-0.3, -0.25) is 4.79 Å². The number of carbonyl (C=O) groups is 1. The Labute approximate surface area is 133 Å².